The SMILES string of the molecule is Cc1ccc(Br)cc1-c1nnc(CO)n1C1CC1. The average Bonchev–Trinajstić information content (AvgIpc) is 3.12. The molecule has 0 unspecified atom stereocenters. The lowest BCUT2D eigenvalue weighted by molar-refractivity contribution is 0.265. The molecule has 1 aromatic heterocycles. The van der Waals surface area contributed by atoms with Gasteiger partial charge < -0.3 is 9.67 Å². The minimum atomic E-state index is -0.0590. The molecule has 0 atom stereocenters. The highest BCUT2D eigenvalue weighted by Crippen LogP contribution is 2.39. The first-order valence-corrected chi connectivity index (χ1v) is 6.81. The van der Waals surface area contributed by atoms with Gasteiger partial charge in [-0.3, -0.25) is 0 Å². The van der Waals surface area contributed by atoms with Crippen molar-refractivity contribution in [3.63, 3.8) is 0 Å². The summed E-state index contributed by atoms with van der Waals surface area (Å²) in [5.74, 6) is 1.52. The summed E-state index contributed by atoms with van der Waals surface area (Å²) in [6, 6.07) is 6.59. The van der Waals surface area contributed by atoms with Crippen molar-refractivity contribution in [2.24, 2.45) is 0 Å². The summed E-state index contributed by atoms with van der Waals surface area (Å²) in [5.41, 5.74) is 2.24. The second-order valence-electron chi connectivity index (χ2n) is 4.66. The van der Waals surface area contributed by atoms with E-state index in [1.54, 1.807) is 0 Å². The molecule has 1 saturated carbocycles. The van der Waals surface area contributed by atoms with Gasteiger partial charge >= 0.3 is 0 Å². The number of aliphatic hydroxyl groups is 1. The number of hydrogen-bond acceptors (Lipinski definition) is 3. The van der Waals surface area contributed by atoms with Crippen molar-refractivity contribution in [2.75, 3.05) is 0 Å². The Bertz CT molecular complexity index is 590. The van der Waals surface area contributed by atoms with Gasteiger partial charge in [-0.2, -0.15) is 0 Å². The first kappa shape index (κ1) is 11.9. The fraction of sp³-hybridized carbons (Fsp3) is 0.385. The summed E-state index contributed by atoms with van der Waals surface area (Å²) in [7, 11) is 0. The molecular weight excluding hydrogens is 294 g/mol. The van der Waals surface area contributed by atoms with Crippen molar-refractivity contribution in [3.8, 4) is 11.4 Å². The van der Waals surface area contributed by atoms with Gasteiger partial charge in [0.25, 0.3) is 0 Å². The minimum absolute atomic E-state index is 0.0590. The van der Waals surface area contributed by atoms with Gasteiger partial charge in [0, 0.05) is 16.1 Å². The molecule has 1 heterocycles. The quantitative estimate of drug-likeness (QED) is 0.948. The van der Waals surface area contributed by atoms with Crippen molar-refractivity contribution >= 4 is 15.9 Å². The highest BCUT2D eigenvalue weighted by Gasteiger charge is 2.30. The number of aryl methyl sites for hydroxylation is 1. The molecule has 0 radical (unpaired) electrons. The number of nitrogens with zero attached hydrogens (tertiary/aromatic N) is 3. The molecule has 1 aromatic carbocycles. The number of hydrogen-bond donors (Lipinski definition) is 1. The fourth-order valence-corrected chi connectivity index (χ4v) is 2.53. The zero-order valence-electron chi connectivity index (χ0n) is 10.1. The summed E-state index contributed by atoms with van der Waals surface area (Å²) in [6.45, 7) is 2.00. The predicted molar refractivity (Wildman–Crippen MR) is 72.1 cm³/mol. The highest BCUT2D eigenvalue weighted by molar-refractivity contribution is 9.10. The first-order valence-electron chi connectivity index (χ1n) is 6.02. The van der Waals surface area contributed by atoms with Crippen LogP contribution in [-0.4, -0.2) is 19.9 Å². The van der Waals surface area contributed by atoms with Crippen molar-refractivity contribution in [1.29, 1.82) is 0 Å². The van der Waals surface area contributed by atoms with E-state index in [0.29, 0.717) is 11.9 Å². The van der Waals surface area contributed by atoms with E-state index < -0.39 is 0 Å². The zero-order chi connectivity index (χ0) is 12.7. The van der Waals surface area contributed by atoms with Crippen LogP contribution in [0.4, 0.5) is 0 Å². The summed E-state index contributed by atoms with van der Waals surface area (Å²) in [4.78, 5) is 0. The smallest absolute Gasteiger partial charge is 0.164 e. The number of rotatable bonds is 3. The Morgan fingerprint density at radius 1 is 1.39 bits per heavy atom. The van der Waals surface area contributed by atoms with E-state index in [1.807, 2.05) is 6.07 Å². The monoisotopic (exact) mass is 307 g/mol. The Morgan fingerprint density at radius 2 is 2.17 bits per heavy atom. The van der Waals surface area contributed by atoms with E-state index in [0.717, 1.165) is 34.3 Å². The van der Waals surface area contributed by atoms with E-state index in [-0.39, 0.29) is 6.61 Å². The minimum Gasteiger partial charge on any atom is -0.388 e. The normalized spacial score (nSPS) is 15.1. The van der Waals surface area contributed by atoms with E-state index in [9.17, 15) is 5.11 Å². The second kappa shape index (κ2) is 4.48. The maximum atomic E-state index is 9.35. The lowest BCUT2D eigenvalue weighted by Crippen LogP contribution is -2.04. The molecule has 3 rings (SSSR count). The third-order valence-corrected chi connectivity index (χ3v) is 3.75. The van der Waals surface area contributed by atoms with Crippen LogP contribution < -0.4 is 0 Å². The molecule has 1 aliphatic rings. The molecular formula is C13H14BrN3O. The third kappa shape index (κ3) is 1.97. The molecule has 1 aliphatic carbocycles. The van der Waals surface area contributed by atoms with Crippen LogP contribution in [0.5, 0.6) is 0 Å². The molecule has 0 bridgehead atoms. The van der Waals surface area contributed by atoms with Gasteiger partial charge in [-0.05, 0) is 37.5 Å². The number of benzene rings is 1. The zero-order valence-corrected chi connectivity index (χ0v) is 11.7. The van der Waals surface area contributed by atoms with Gasteiger partial charge in [0.15, 0.2) is 11.6 Å². The van der Waals surface area contributed by atoms with Crippen molar-refractivity contribution in [1.82, 2.24) is 14.8 Å². The summed E-state index contributed by atoms with van der Waals surface area (Å²) in [5, 5.41) is 17.7. The van der Waals surface area contributed by atoms with Gasteiger partial charge in [0.2, 0.25) is 0 Å². The Kier molecular flexibility index (Phi) is 2.95. The molecule has 0 spiro atoms. The topological polar surface area (TPSA) is 50.9 Å². The Labute approximate surface area is 114 Å². The Balaban J connectivity index is 2.16. The lowest BCUT2D eigenvalue weighted by atomic mass is 10.1. The predicted octanol–water partition coefficient (Wildman–Crippen LogP) is 2.84. The Hall–Kier alpha value is -1.20. The molecule has 1 N–H and O–H groups in total. The second-order valence-corrected chi connectivity index (χ2v) is 5.57. The van der Waals surface area contributed by atoms with Crippen LogP contribution in [-0.2, 0) is 6.61 Å². The molecule has 18 heavy (non-hydrogen) atoms. The van der Waals surface area contributed by atoms with Gasteiger partial charge in [-0.1, -0.05) is 22.0 Å². The number of aliphatic hydroxyl groups excluding tert-OH is 1. The van der Waals surface area contributed by atoms with E-state index in [1.165, 1.54) is 0 Å². The van der Waals surface area contributed by atoms with Gasteiger partial charge in [-0.15, -0.1) is 10.2 Å². The fourth-order valence-electron chi connectivity index (χ4n) is 2.17. The van der Waals surface area contributed by atoms with Crippen molar-refractivity contribution < 1.29 is 5.11 Å². The van der Waals surface area contributed by atoms with Crippen LogP contribution in [0.3, 0.4) is 0 Å². The van der Waals surface area contributed by atoms with Crippen LogP contribution in [0.15, 0.2) is 22.7 Å². The number of halogens is 1. The molecule has 0 saturated heterocycles. The third-order valence-electron chi connectivity index (χ3n) is 3.26. The highest BCUT2D eigenvalue weighted by atomic mass is 79.9. The molecule has 0 amide bonds. The standard InChI is InChI=1S/C13H14BrN3O/c1-8-2-3-9(14)6-11(8)13-16-15-12(7-18)17(13)10-4-5-10/h2-3,6,10,18H,4-5,7H2,1H3. The summed E-state index contributed by atoms with van der Waals surface area (Å²) < 4.78 is 3.10. The molecule has 2 aromatic rings. The van der Waals surface area contributed by atoms with E-state index in [4.69, 9.17) is 0 Å². The van der Waals surface area contributed by atoms with Crippen molar-refractivity contribution in [3.05, 3.63) is 34.1 Å². The van der Waals surface area contributed by atoms with Gasteiger partial charge in [0.05, 0.1) is 0 Å². The lowest BCUT2D eigenvalue weighted by Gasteiger charge is -2.10. The molecule has 94 valence electrons. The molecule has 4 nitrogen and oxygen atoms in total. The van der Waals surface area contributed by atoms with Gasteiger partial charge in [-0.25, -0.2) is 0 Å². The van der Waals surface area contributed by atoms with E-state index in [2.05, 4.69) is 49.8 Å². The maximum Gasteiger partial charge on any atom is 0.164 e. The summed E-state index contributed by atoms with van der Waals surface area (Å²) >= 11 is 3.49. The largest absolute Gasteiger partial charge is 0.388 e. The average molecular weight is 308 g/mol. The maximum absolute atomic E-state index is 9.35. The van der Waals surface area contributed by atoms with Crippen LogP contribution >= 0.6 is 15.9 Å². The van der Waals surface area contributed by atoms with Crippen molar-refractivity contribution in [2.45, 2.75) is 32.4 Å². The van der Waals surface area contributed by atoms with Crippen LogP contribution in [0, 0.1) is 6.92 Å². The molecule has 5 heteroatoms. The Morgan fingerprint density at radius 3 is 2.83 bits per heavy atom. The summed E-state index contributed by atoms with van der Waals surface area (Å²) in [6.07, 6.45) is 2.29. The number of aromatic nitrogens is 3. The molecule has 1 fully saturated rings. The van der Waals surface area contributed by atoms with Crippen LogP contribution in [0.25, 0.3) is 11.4 Å². The van der Waals surface area contributed by atoms with Gasteiger partial charge in [0.1, 0.15) is 6.61 Å². The van der Waals surface area contributed by atoms with Crippen LogP contribution in [0.2, 0.25) is 0 Å². The first-order chi connectivity index (χ1) is 8.70. The van der Waals surface area contributed by atoms with Crippen LogP contribution in [0.1, 0.15) is 30.3 Å². The van der Waals surface area contributed by atoms with E-state index >= 15 is 0 Å². The molecule has 0 aliphatic heterocycles.